The molecule has 0 aromatic heterocycles. The van der Waals surface area contributed by atoms with Gasteiger partial charge in [0, 0.05) is 13.1 Å². The third kappa shape index (κ3) is 2.42. The summed E-state index contributed by atoms with van der Waals surface area (Å²) >= 11 is 0. The summed E-state index contributed by atoms with van der Waals surface area (Å²) < 4.78 is 0. The van der Waals surface area contributed by atoms with Gasteiger partial charge in [-0.25, -0.2) is 0 Å². The fourth-order valence-electron chi connectivity index (χ4n) is 2.31. The number of hydrogen-bond acceptors (Lipinski definition) is 2. The molecule has 2 N–H and O–H groups in total. The van der Waals surface area contributed by atoms with Gasteiger partial charge in [0.2, 0.25) is 0 Å². The normalized spacial score (nSPS) is 25.3. The number of aliphatic carboxylic acids is 1. The lowest BCUT2D eigenvalue weighted by Crippen LogP contribution is -2.38. The van der Waals surface area contributed by atoms with Gasteiger partial charge in [-0.05, 0) is 24.8 Å². The number of carboxylic acid groups (broad SMARTS) is 1. The van der Waals surface area contributed by atoms with Crippen molar-refractivity contribution in [1.29, 1.82) is 0 Å². The fraction of sp³-hybridized carbons (Fsp3) is 0.462. The Balaban J connectivity index is 2.12. The van der Waals surface area contributed by atoms with Gasteiger partial charge < -0.3 is 10.4 Å². The lowest BCUT2D eigenvalue weighted by molar-refractivity contribution is -0.142. The van der Waals surface area contributed by atoms with Crippen molar-refractivity contribution in [2.45, 2.75) is 19.3 Å². The minimum atomic E-state index is -0.690. The van der Waals surface area contributed by atoms with E-state index in [9.17, 15) is 4.79 Å². The summed E-state index contributed by atoms with van der Waals surface area (Å²) in [7, 11) is 0. The summed E-state index contributed by atoms with van der Waals surface area (Å²) in [6.07, 6.45) is 0.742. The van der Waals surface area contributed by atoms with Crippen LogP contribution in [0.3, 0.4) is 0 Å². The highest BCUT2D eigenvalue weighted by Gasteiger charge is 2.27. The highest BCUT2D eigenvalue weighted by atomic mass is 16.4. The Kier molecular flexibility index (Phi) is 3.25. The van der Waals surface area contributed by atoms with Gasteiger partial charge in [-0.1, -0.05) is 29.8 Å². The number of hydrogen-bond donors (Lipinski definition) is 2. The third-order valence-electron chi connectivity index (χ3n) is 3.21. The van der Waals surface area contributed by atoms with Gasteiger partial charge in [-0.15, -0.1) is 0 Å². The maximum Gasteiger partial charge on any atom is 0.307 e. The zero-order chi connectivity index (χ0) is 11.5. The third-order valence-corrected chi connectivity index (χ3v) is 3.21. The molecule has 0 saturated carbocycles. The van der Waals surface area contributed by atoms with Crippen LogP contribution in [-0.2, 0) is 4.79 Å². The number of nitrogens with one attached hydrogen (secondary N) is 1. The standard InChI is InChI=1S/C13H17NO2/c1-9-3-2-4-10(5-9)11-6-12(13(15)16)8-14-7-11/h2-5,11-12,14H,6-8H2,1H3,(H,15,16)/t11-,12+/m0/s1. The number of rotatable bonds is 2. The van der Waals surface area contributed by atoms with Crippen LogP contribution in [0.4, 0.5) is 0 Å². The predicted octanol–water partition coefficient (Wildman–Crippen LogP) is 1.77. The van der Waals surface area contributed by atoms with Crippen LogP contribution < -0.4 is 5.32 Å². The summed E-state index contributed by atoms with van der Waals surface area (Å²) in [6.45, 7) is 3.54. The number of carboxylic acids is 1. The number of benzene rings is 1. The van der Waals surface area contributed by atoms with Crippen molar-refractivity contribution in [3.63, 3.8) is 0 Å². The van der Waals surface area contributed by atoms with E-state index in [0.717, 1.165) is 13.0 Å². The average Bonchev–Trinajstić information content (AvgIpc) is 2.29. The van der Waals surface area contributed by atoms with Gasteiger partial charge in [0.1, 0.15) is 0 Å². The number of carbonyl (C=O) groups is 1. The Morgan fingerprint density at radius 2 is 2.25 bits per heavy atom. The molecule has 1 aliphatic rings. The molecule has 0 spiro atoms. The monoisotopic (exact) mass is 219 g/mol. The summed E-state index contributed by atoms with van der Waals surface area (Å²) in [5, 5.41) is 12.2. The molecular formula is C13H17NO2. The fourth-order valence-corrected chi connectivity index (χ4v) is 2.31. The molecule has 0 amide bonds. The maximum absolute atomic E-state index is 11.0. The summed E-state index contributed by atoms with van der Waals surface area (Å²) in [4.78, 5) is 11.0. The molecule has 1 aromatic carbocycles. The van der Waals surface area contributed by atoms with Crippen molar-refractivity contribution in [1.82, 2.24) is 5.32 Å². The molecule has 2 rings (SSSR count). The molecule has 3 nitrogen and oxygen atoms in total. The van der Waals surface area contributed by atoms with Crippen molar-refractivity contribution in [3.8, 4) is 0 Å². The van der Waals surface area contributed by atoms with E-state index in [1.54, 1.807) is 0 Å². The molecule has 16 heavy (non-hydrogen) atoms. The first-order valence-electron chi connectivity index (χ1n) is 5.67. The second kappa shape index (κ2) is 4.66. The van der Waals surface area contributed by atoms with E-state index in [1.165, 1.54) is 11.1 Å². The van der Waals surface area contributed by atoms with Gasteiger partial charge >= 0.3 is 5.97 Å². The maximum atomic E-state index is 11.0. The van der Waals surface area contributed by atoms with Crippen molar-refractivity contribution in [2.24, 2.45) is 5.92 Å². The van der Waals surface area contributed by atoms with Crippen LogP contribution in [0, 0.1) is 12.8 Å². The van der Waals surface area contributed by atoms with E-state index >= 15 is 0 Å². The van der Waals surface area contributed by atoms with Gasteiger partial charge in [0.05, 0.1) is 5.92 Å². The van der Waals surface area contributed by atoms with Crippen LogP contribution in [0.15, 0.2) is 24.3 Å². The molecule has 0 bridgehead atoms. The Hall–Kier alpha value is -1.35. The first-order valence-corrected chi connectivity index (χ1v) is 5.67. The molecule has 86 valence electrons. The van der Waals surface area contributed by atoms with E-state index in [2.05, 4.69) is 30.4 Å². The molecule has 0 unspecified atom stereocenters. The van der Waals surface area contributed by atoms with Crippen LogP contribution in [-0.4, -0.2) is 24.2 Å². The second-order valence-corrected chi connectivity index (χ2v) is 4.54. The zero-order valence-electron chi connectivity index (χ0n) is 9.44. The van der Waals surface area contributed by atoms with Crippen LogP contribution in [0.1, 0.15) is 23.5 Å². The number of aryl methyl sites for hydroxylation is 1. The summed E-state index contributed by atoms with van der Waals surface area (Å²) in [6, 6.07) is 8.34. The lowest BCUT2D eigenvalue weighted by atomic mass is 9.85. The van der Waals surface area contributed by atoms with E-state index in [1.807, 2.05) is 6.07 Å². The zero-order valence-corrected chi connectivity index (χ0v) is 9.44. The van der Waals surface area contributed by atoms with Crippen LogP contribution in [0.2, 0.25) is 0 Å². The van der Waals surface area contributed by atoms with E-state index in [0.29, 0.717) is 12.5 Å². The molecule has 1 aromatic rings. The molecule has 1 aliphatic heterocycles. The SMILES string of the molecule is Cc1cccc([C@@H]2CNC[C@H](C(=O)O)C2)c1. The minimum absolute atomic E-state index is 0.251. The van der Waals surface area contributed by atoms with E-state index < -0.39 is 5.97 Å². The topological polar surface area (TPSA) is 49.3 Å². The Morgan fingerprint density at radius 3 is 2.94 bits per heavy atom. The Labute approximate surface area is 95.5 Å². The smallest absolute Gasteiger partial charge is 0.307 e. The van der Waals surface area contributed by atoms with Crippen LogP contribution in [0.5, 0.6) is 0 Å². The van der Waals surface area contributed by atoms with Crippen molar-refractivity contribution < 1.29 is 9.90 Å². The van der Waals surface area contributed by atoms with Gasteiger partial charge in [-0.3, -0.25) is 4.79 Å². The molecule has 1 heterocycles. The molecule has 1 fully saturated rings. The van der Waals surface area contributed by atoms with Crippen molar-refractivity contribution in [3.05, 3.63) is 35.4 Å². The summed E-state index contributed by atoms with van der Waals surface area (Å²) in [5.74, 6) is -0.612. The summed E-state index contributed by atoms with van der Waals surface area (Å²) in [5.41, 5.74) is 2.48. The minimum Gasteiger partial charge on any atom is -0.481 e. The Morgan fingerprint density at radius 1 is 1.44 bits per heavy atom. The molecule has 2 atom stereocenters. The molecule has 1 saturated heterocycles. The highest BCUT2D eigenvalue weighted by Crippen LogP contribution is 2.27. The second-order valence-electron chi connectivity index (χ2n) is 4.54. The quantitative estimate of drug-likeness (QED) is 0.797. The number of piperidine rings is 1. The molecule has 0 aliphatic carbocycles. The molecule has 0 radical (unpaired) electrons. The first-order chi connectivity index (χ1) is 7.66. The predicted molar refractivity (Wildman–Crippen MR) is 62.5 cm³/mol. The Bertz CT molecular complexity index is 389. The van der Waals surface area contributed by atoms with E-state index in [-0.39, 0.29) is 5.92 Å². The van der Waals surface area contributed by atoms with E-state index in [4.69, 9.17) is 5.11 Å². The van der Waals surface area contributed by atoms with Crippen molar-refractivity contribution in [2.75, 3.05) is 13.1 Å². The van der Waals surface area contributed by atoms with Crippen LogP contribution in [0.25, 0.3) is 0 Å². The average molecular weight is 219 g/mol. The molecular weight excluding hydrogens is 202 g/mol. The van der Waals surface area contributed by atoms with Crippen LogP contribution >= 0.6 is 0 Å². The van der Waals surface area contributed by atoms with Gasteiger partial charge in [0.25, 0.3) is 0 Å². The first kappa shape index (κ1) is 11.1. The largest absolute Gasteiger partial charge is 0.481 e. The van der Waals surface area contributed by atoms with Gasteiger partial charge in [-0.2, -0.15) is 0 Å². The molecule has 3 heteroatoms. The van der Waals surface area contributed by atoms with Gasteiger partial charge in [0.15, 0.2) is 0 Å². The highest BCUT2D eigenvalue weighted by molar-refractivity contribution is 5.70. The lowest BCUT2D eigenvalue weighted by Gasteiger charge is -2.28. The van der Waals surface area contributed by atoms with Crippen molar-refractivity contribution >= 4 is 5.97 Å².